The van der Waals surface area contributed by atoms with Gasteiger partial charge in [-0.2, -0.15) is 21.0 Å². The SMILES string of the molecule is N#CC(C#N)=C1C(=NC2=Cc3sc4c(c3C2(C(=O)OCc2ccccc2)C(=O)OCc2ccccc2)C(C(=O)OCc2ccccc2)(C(=O)OCc2ccccc2)c2c-4sc3cc(N=C4C(=O)c5cc(F)c(F)cc5C4=C(C#N)C#N)sc23)C(=O)c2cc(F)c(F)cc21. The second-order valence-electron chi connectivity index (χ2n) is 21.1. The third kappa shape index (κ3) is 9.74. The number of fused-ring (bicyclic) bond motifs is 9. The summed E-state index contributed by atoms with van der Waals surface area (Å²) in [7, 11) is 0. The Bertz CT molecular complexity index is 5020. The minimum Gasteiger partial charge on any atom is -0.459 e. The van der Waals surface area contributed by atoms with Gasteiger partial charge in [0.05, 0.1) is 20.2 Å². The third-order valence-electron chi connectivity index (χ3n) is 15.8. The molecule has 16 nitrogen and oxygen atoms in total. The molecule has 0 bridgehead atoms. The average molecular weight is 1290 g/mol. The van der Waals surface area contributed by atoms with Crippen molar-refractivity contribution >= 4 is 113 Å². The van der Waals surface area contributed by atoms with Crippen LogP contribution in [-0.2, 0) is 75.4 Å². The lowest BCUT2D eigenvalue weighted by atomic mass is 9.70. The fourth-order valence-electron chi connectivity index (χ4n) is 11.6. The van der Waals surface area contributed by atoms with Gasteiger partial charge in [0, 0.05) is 59.7 Å². The highest BCUT2D eigenvalue weighted by Crippen LogP contribution is 2.66. The van der Waals surface area contributed by atoms with E-state index in [1.165, 1.54) is 12.1 Å². The molecule has 23 heteroatoms. The summed E-state index contributed by atoms with van der Waals surface area (Å²) in [6.45, 7) is -2.12. The summed E-state index contributed by atoms with van der Waals surface area (Å²) >= 11 is 2.62. The predicted octanol–water partition coefficient (Wildman–Crippen LogP) is 13.3. The number of carbonyl (C=O) groups excluding carboxylic acids is 6. The van der Waals surface area contributed by atoms with Gasteiger partial charge in [0.25, 0.3) is 0 Å². The molecule has 4 aliphatic carbocycles. The Morgan fingerprint density at radius 2 is 0.806 bits per heavy atom. The zero-order valence-corrected chi connectivity index (χ0v) is 49.8. The molecular weight excluding hydrogens is 1260 g/mol. The number of ketones is 2. The number of benzene rings is 6. The molecule has 450 valence electrons. The maximum atomic E-state index is 16.4. The number of carbonyl (C=O) groups is 6. The van der Waals surface area contributed by atoms with Gasteiger partial charge in [-0.3, -0.25) is 28.8 Å². The van der Waals surface area contributed by atoms with E-state index in [-0.39, 0.29) is 41.0 Å². The number of ether oxygens (including phenoxy) is 4. The molecule has 0 saturated heterocycles. The van der Waals surface area contributed by atoms with E-state index in [9.17, 15) is 39.4 Å². The van der Waals surface area contributed by atoms with Crippen LogP contribution in [0.5, 0.6) is 0 Å². The minimum atomic E-state index is -3.17. The van der Waals surface area contributed by atoms with Gasteiger partial charge >= 0.3 is 23.9 Å². The molecule has 0 unspecified atom stereocenters. The molecule has 13 rings (SSSR count). The van der Waals surface area contributed by atoms with Crippen molar-refractivity contribution in [1.29, 1.82) is 21.0 Å². The summed E-state index contributed by atoms with van der Waals surface area (Å²) in [5.74, 6) is -13.5. The number of nitrogens with zero attached hydrogens (tertiary/aromatic N) is 6. The first-order chi connectivity index (χ1) is 45.1. The van der Waals surface area contributed by atoms with Crippen molar-refractivity contribution < 1.29 is 65.3 Å². The van der Waals surface area contributed by atoms with E-state index in [1.807, 2.05) is 0 Å². The largest absolute Gasteiger partial charge is 0.459 e. The third-order valence-corrected chi connectivity index (χ3v) is 19.4. The fourth-order valence-corrected chi connectivity index (χ4v) is 15.7. The number of halogens is 4. The van der Waals surface area contributed by atoms with Crippen molar-refractivity contribution in [3.63, 3.8) is 0 Å². The van der Waals surface area contributed by atoms with Gasteiger partial charge in [-0.1, -0.05) is 121 Å². The second kappa shape index (κ2) is 23.8. The number of thiophene rings is 3. The lowest BCUT2D eigenvalue weighted by molar-refractivity contribution is -0.167. The van der Waals surface area contributed by atoms with Crippen LogP contribution in [0, 0.1) is 68.6 Å². The van der Waals surface area contributed by atoms with Crippen LogP contribution < -0.4 is 0 Å². The molecule has 4 aliphatic rings. The fraction of sp³-hybridized carbons (Fsp3) is 0.0857. The van der Waals surface area contributed by atoms with E-state index in [1.54, 1.807) is 146 Å². The number of hydrogen-bond acceptors (Lipinski definition) is 19. The molecule has 0 radical (unpaired) electrons. The molecule has 93 heavy (non-hydrogen) atoms. The molecule has 6 aromatic carbocycles. The molecule has 0 fully saturated rings. The number of rotatable bonds is 14. The molecule has 3 heterocycles. The van der Waals surface area contributed by atoms with Gasteiger partial charge in [-0.15, -0.1) is 34.0 Å². The average Bonchev–Trinajstić information content (AvgIpc) is 1.49. The Balaban J connectivity index is 1.10. The molecule has 0 spiro atoms. The number of Topliss-reactive ketones (excluding diaryl/α,β-unsaturated/α-hetero) is 2. The molecule has 0 saturated carbocycles. The monoisotopic (exact) mass is 1290 g/mol. The van der Waals surface area contributed by atoms with Crippen molar-refractivity contribution in [1.82, 2.24) is 0 Å². The van der Waals surface area contributed by atoms with Crippen LogP contribution in [0.1, 0.15) is 75.7 Å². The summed E-state index contributed by atoms with van der Waals surface area (Å²) in [4.78, 5) is 104. The summed E-state index contributed by atoms with van der Waals surface area (Å²) in [6.07, 6.45) is 1.20. The molecule has 9 aromatic rings. The van der Waals surface area contributed by atoms with Gasteiger partial charge in [0.15, 0.2) is 23.3 Å². The van der Waals surface area contributed by atoms with Crippen molar-refractivity contribution in [3.05, 3.63) is 258 Å². The van der Waals surface area contributed by atoms with E-state index in [0.29, 0.717) is 51.2 Å². The van der Waals surface area contributed by atoms with Crippen LogP contribution in [0.15, 0.2) is 178 Å². The Labute approximate surface area is 535 Å². The van der Waals surface area contributed by atoms with E-state index < -0.39 is 158 Å². The lowest BCUT2D eigenvalue weighted by Gasteiger charge is -2.32. The van der Waals surface area contributed by atoms with Crippen LogP contribution in [-0.4, -0.2) is 46.9 Å². The van der Waals surface area contributed by atoms with E-state index in [0.717, 1.165) is 34.0 Å². The van der Waals surface area contributed by atoms with Crippen LogP contribution in [0.3, 0.4) is 0 Å². The Hall–Kier alpha value is -11.9. The summed E-state index contributed by atoms with van der Waals surface area (Å²) < 4.78 is 85.6. The molecule has 3 aromatic heterocycles. The minimum absolute atomic E-state index is 0.0587. The quantitative estimate of drug-likeness (QED) is 0.0322. The molecule has 0 aliphatic heterocycles. The topological polar surface area (TPSA) is 259 Å². The Morgan fingerprint density at radius 1 is 0.441 bits per heavy atom. The molecular formula is C70H34F4N6O10S3. The van der Waals surface area contributed by atoms with Gasteiger partial charge in [0.2, 0.25) is 22.4 Å². The highest BCUT2D eigenvalue weighted by Gasteiger charge is 2.69. The highest BCUT2D eigenvalue weighted by molar-refractivity contribution is 7.33. The maximum Gasteiger partial charge on any atom is 0.334 e. The normalized spacial score (nSPS) is 15.0. The maximum absolute atomic E-state index is 16.4. The number of nitriles is 4. The Morgan fingerprint density at radius 3 is 1.20 bits per heavy atom. The van der Waals surface area contributed by atoms with Crippen molar-refractivity contribution in [2.24, 2.45) is 9.98 Å². The molecule has 0 N–H and O–H groups in total. The van der Waals surface area contributed by atoms with Crippen LogP contribution >= 0.6 is 34.0 Å². The second-order valence-corrected chi connectivity index (χ2v) is 24.2. The first-order valence-corrected chi connectivity index (χ1v) is 30.2. The smallest absolute Gasteiger partial charge is 0.334 e. The zero-order valence-electron chi connectivity index (χ0n) is 47.3. The molecule has 0 atom stereocenters. The van der Waals surface area contributed by atoms with Crippen LogP contribution in [0.4, 0.5) is 22.6 Å². The molecule has 0 amide bonds. The number of esters is 4. The lowest BCUT2D eigenvalue weighted by Crippen LogP contribution is -2.51. The van der Waals surface area contributed by atoms with E-state index in [2.05, 4.69) is 4.99 Å². The van der Waals surface area contributed by atoms with Gasteiger partial charge in [-0.25, -0.2) is 27.5 Å². The number of hydrogen-bond donors (Lipinski definition) is 0. The van der Waals surface area contributed by atoms with Crippen molar-refractivity contribution in [2.45, 2.75) is 37.3 Å². The standard InChI is InChI=1S/C70H34F4N6O10S3/c71-45-21-41-43(23-47(45)73)60(81)58(53(41)39(27-75)28-76)79-51-25-49-55(69(51,65(83)87-31-35-13-5-1-6-14-35)66(84)88-32-36-15-7-2-8-16-36)56-63(91-49)64-57(70(56,67(85)89-33-37-17-9-3-10-18-37)68(86)90-34-38-19-11-4-12-20-38)62-50(92-64)26-52(93-62)80-59-54(40(29-77)30-78)42-22-46(72)48(74)24-44(42)61(59)82/h1-26H,31-34H2. The summed E-state index contributed by atoms with van der Waals surface area (Å²) in [6, 6.07) is 43.6. The first kappa shape index (κ1) is 60.1. The van der Waals surface area contributed by atoms with Crippen molar-refractivity contribution in [2.75, 3.05) is 0 Å². The van der Waals surface area contributed by atoms with Gasteiger partial charge < -0.3 is 18.9 Å². The van der Waals surface area contributed by atoms with Crippen LogP contribution in [0.25, 0.3) is 36.4 Å². The predicted molar refractivity (Wildman–Crippen MR) is 331 cm³/mol. The first-order valence-electron chi connectivity index (χ1n) is 27.7. The van der Waals surface area contributed by atoms with Crippen molar-refractivity contribution in [3.8, 4) is 34.0 Å². The zero-order chi connectivity index (χ0) is 65.0. The van der Waals surface area contributed by atoms with Gasteiger partial charge in [-0.05, 0) is 58.7 Å². The highest BCUT2D eigenvalue weighted by atomic mass is 32.1. The number of allylic oxidation sites excluding steroid dienone is 4. The summed E-state index contributed by atoms with van der Waals surface area (Å²) in [5.41, 5.74) is -11.7. The number of aliphatic imine (C=N–C) groups is 2. The van der Waals surface area contributed by atoms with Crippen LogP contribution in [0.2, 0.25) is 0 Å². The van der Waals surface area contributed by atoms with Gasteiger partial charge in [0.1, 0.15) is 78.3 Å². The summed E-state index contributed by atoms with van der Waals surface area (Å²) in [5, 5.41) is 41.0. The van der Waals surface area contributed by atoms with E-state index in [4.69, 9.17) is 23.9 Å². The Kier molecular flexibility index (Phi) is 15.4. The van der Waals surface area contributed by atoms with E-state index >= 15 is 28.0 Å².